The van der Waals surface area contributed by atoms with Crippen molar-refractivity contribution in [3.8, 4) is 6.07 Å². The molecule has 0 amide bonds. The largest absolute Gasteiger partial charge is 0.339 e. The van der Waals surface area contributed by atoms with Gasteiger partial charge in [-0.05, 0) is 72.6 Å². The van der Waals surface area contributed by atoms with Gasteiger partial charge in [0.05, 0.1) is 23.0 Å². The third kappa shape index (κ3) is 6.11. The summed E-state index contributed by atoms with van der Waals surface area (Å²) < 4.78 is 15.1. The molecule has 0 aromatic heterocycles. The molecule has 0 bridgehead atoms. The van der Waals surface area contributed by atoms with Crippen LogP contribution in [0.3, 0.4) is 0 Å². The molecule has 33 heavy (non-hydrogen) atoms. The van der Waals surface area contributed by atoms with Crippen molar-refractivity contribution in [3.63, 3.8) is 0 Å². The number of hydrogen-bond donors (Lipinski definition) is 0. The molecule has 2 aromatic rings. The first-order chi connectivity index (χ1) is 15.6. The number of nitrogens with zero attached hydrogens (tertiary/aromatic N) is 3. The van der Waals surface area contributed by atoms with Crippen molar-refractivity contribution in [2.24, 2.45) is 21.7 Å². The molecule has 3 rings (SSSR count). The van der Waals surface area contributed by atoms with Gasteiger partial charge in [0.1, 0.15) is 5.82 Å². The summed E-state index contributed by atoms with van der Waals surface area (Å²) in [6.07, 6.45) is 6.10. The molecule has 4 heteroatoms. The van der Waals surface area contributed by atoms with Crippen LogP contribution in [0.15, 0.2) is 59.4 Å². The van der Waals surface area contributed by atoms with E-state index < -0.39 is 5.82 Å². The van der Waals surface area contributed by atoms with Gasteiger partial charge in [-0.3, -0.25) is 4.99 Å². The van der Waals surface area contributed by atoms with Crippen LogP contribution in [0.5, 0.6) is 0 Å². The Morgan fingerprint density at radius 3 is 2.33 bits per heavy atom. The third-order valence-electron chi connectivity index (χ3n) is 6.67. The molecular formula is C29H36FN3. The number of rotatable bonds is 7. The number of nitriles is 1. The fourth-order valence-electron chi connectivity index (χ4n) is 5.74. The van der Waals surface area contributed by atoms with Crippen LogP contribution in [0.4, 0.5) is 10.1 Å². The average Bonchev–Trinajstić information content (AvgIpc) is 2.74. The highest BCUT2D eigenvalue weighted by molar-refractivity contribution is 5.55. The van der Waals surface area contributed by atoms with Crippen LogP contribution < -0.4 is 4.90 Å². The zero-order chi connectivity index (χ0) is 24.2. The minimum absolute atomic E-state index is 0.204. The van der Waals surface area contributed by atoms with Crippen molar-refractivity contribution >= 4 is 12.4 Å². The van der Waals surface area contributed by atoms with Crippen molar-refractivity contribution in [1.29, 1.82) is 5.26 Å². The maximum atomic E-state index is 15.1. The summed E-state index contributed by atoms with van der Waals surface area (Å²) in [4.78, 5) is 6.38. The van der Waals surface area contributed by atoms with E-state index >= 15 is 4.39 Å². The summed E-state index contributed by atoms with van der Waals surface area (Å²) >= 11 is 0. The van der Waals surface area contributed by atoms with Crippen LogP contribution in [0.2, 0.25) is 0 Å². The van der Waals surface area contributed by atoms with Crippen LogP contribution in [-0.4, -0.2) is 6.72 Å². The first kappa shape index (κ1) is 24.7. The second-order valence-corrected chi connectivity index (χ2v) is 10.9. The molecule has 0 atom stereocenters. The molecule has 0 spiro atoms. The van der Waals surface area contributed by atoms with E-state index in [0.29, 0.717) is 17.8 Å². The van der Waals surface area contributed by atoms with Crippen molar-refractivity contribution in [1.82, 2.24) is 0 Å². The fourth-order valence-corrected chi connectivity index (χ4v) is 5.74. The fraction of sp³-hybridized carbons (Fsp3) is 0.448. The summed E-state index contributed by atoms with van der Waals surface area (Å²) in [6.45, 7) is 15.8. The predicted octanol–water partition coefficient (Wildman–Crippen LogP) is 7.66. The molecule has 1 fully saturated rings. The van der Waals surface area contributed by atoms with Crippen LogP contribution in [0.25, 0.3) is 0 Å². The predicted molar refractivity (Wildman–Crippen MR) is 136 cm³/mol. The quantitative estimate of drug-likeness (QED) is 0.410. The van der Waals surface area contributed by atoms with E-state index in [2.05, 4.69) is 58.5 Å². The first-order valence-corrected chi connectivity index (χ1v) is 11.8. The number of halogens is 1. The molecule has 2 aromatic carbocycles. The van der Waals surface area contributed by atoms with Crippen molar-refractivity contribution in [2.75, 3.05) is 4.90 Å². The van der Waals surface area contributed by atoms with Gasteiger partial charge in [-0.2, -0.15) is 5.26 Å². The van der Waals surface area contributed by atoms with Crippen LogP contribution in [0.1, 0.15) is 70.6 Å². The van der Waals surface area contributed by atoms with Crippen molar-refractivity contribution < 1.29 is 4.39 Å². The molecule has 0 aliphatic heterocycles. The minimum atomic E-state index is -0.410. The second kappa shape index (κ2) is 9.91. The monoisotopic (exact) mass is 445 g/mol. The Morgan fingerprint density at radius 2 is 1.79 bits per heavy atom. The lowest BCUT2D eigenvalue weighted by Gasteiger charge is -2.45. The molecule has 0 unspecified atom stereocenters. The number of aliphatic imine (C=N–C) groups is 1. The summed E-state index contributed by atoms with van der Waals surface area (Å²) in [5, 5.41) is 9.18. The summed E-state index contributed by atoms with van der Waals surface area (Å²) in [6, 6.07) is 14.9. The van der Waals surface area contributed by atoms with E-state index in [1.807, 2.05) is 29.3 Å². The number of aryl methyl sites for hydroxylation is 1. The van der Waals surface area contributed by atoms with E-state index in [4.69, 9.17) is 0 Å². The Labute approximate surface area is 198 Å². The summed E-state index contributed by atoms with van der Waals surface area (Å²) in [5.41, 5.74) is 4.44. The summed E-state index contributed by atoms with van der Waals surface area (Å²) in [5.74, 6) is -0.154. The lowest BCUT2D eigenvalue weighted by atomic mass is 9.61. The number of allylic oxidation sites excluding steroid dienone is 1. The van der Waals surface area contributed by atoms with Crippen molar-refractivity contribution in [2.45, 2.75) is 66.8 Å². The molecule has 1 saturated carbocycles. The molecule has 1 aliphatic carbocycles. The average molecular weight is 446 g/mol. The highest BCUT2D eigenvalue weighted by Gasteiger charge is 2.39. The van der Waals surface area contributed by atoms with E-state index in [9.17, 15) is 5.26 Å². The SMILES string of the molecule is C=N/C(=C\N(Cc1ccccc1CC)c1ccc(C#N)cc1F)C1CC(C)(C)CC(C)(C)C1. The molecular weight excluding hydrogens is 409 g/mol. The number of anilines is 1. The normalized spacial score (nSPS) is 17.9. The maximum Gasteiger partial charge on any atom is 0.148 e. The maximum absolute atomic E-state index is 15.1. The molecule has 0 radical (unpaired) electrons. The zero-order valence-corrected chi connectivity index (χ0v) is 20.7. The van der Waals surface area contributed by atoms with Gasteiger partial charge in [-0.15, -0.1) is 0 Å². The highest BCUT2D eigenvalue weighted by atomic mass is 19.1. The van der Waals surface area contributed by atoms with Gasteiger partial charge in [-0.1, -0.05) is 58.9 Å². The van der Waals surface area contributed by atoms with Gasteiger partial charge in [0, 0.05) is 18.7 Å². The number of benzene rings is 2. The zero-order valence-electron chi connectivity index (χ0n) is 20.7. The van der Waals surface area contributed by atoms with Crippen LogP contribution in [-0.2, 0) is 13.0 Å². The van der Waals surface area contributed by atoms with Gasteiger partial charge in [0.2, 0.25) is 0 Å². The Balaban J connectivity index is 2.07. The minimum Gasteiger partial charge on any atom is -0.339 e. The Hall–Kier alpha value is -2.93. The van der Waals surface area contributed by atoms with Crippen LogP contribution in [0, 0.1) is 33.9 Å². The van der Waals surface area contributed by atoms with Gasteiger partial charge in [-0.25, -0.2) is 4.39 Å². The van der Waals surface area contributed by atoms with Gasteiger partial charge in [0.25, 0.3) is 0 Å². The molecule has 3 nitrogen and oxygen atoms in total. The first-order valence-electron chi connectivity index (χ1n) is 11.8. The van der Waals surface area contributed by atoms with Crippen molar-refractivity contribution in [3.05, 3.63) is 76.9 Å². The van der Waals surface area contributed by atoms with Crippen LogP contribution >= 0.6 is 0 Å². The summed E-state index contributed by atoms with van der Waals surface area (Å²) in [7, 11) is 0. The Morgan fingerprint density at radius 1 is 1.15 bits per heavy atom. The van der Waals surface area contributed by atoms with Gasteiger partial charge >= 0.3 is 0 Å². The van der Waals surface area contributed by atoms with Gasteiger partial charge < -0.3 is 4.90 Å². The molecule has 1 aliphatic rings. The second-order valence-electron chi connectivity index (χ2n) is 10.9. The Bertz CT molecular complexity index is 1060. The van der Waals surface area contributed by atoms with E-state index in [1.54, 1.807) is 12.1 Å². The standard InChI is InChI=1S/C29H36FN3/c1-7-22-10-8-9-11-23(22)18-33(27-13-12-21(17-31)14-25(27)30)19-26(32-6)24-15-28(2,3)20-29(4,5)16-24/h8-14,19,24H,6-7,15-16,18,20H2,1-5H3/b26-19-. The lowest BCUT2D eigenvalue weighted by molar-refractivity contribution is 0.0813. The van der Waals surface area contributed by atoms with Gasteiger partial charge in [0.15, 0.2) is 0 Å². The molecule has 0 saturated heterocycles. The molecule has 0 N–H and O–H groups in total. The van der Waals surface area contributed by atoms with E-state index in [0.717, 1.165) is 30.5 Å². The lowest BCUT2D eigenvalue weighted by Crippen LogP contribution is -2.34. The highest BCUT2D eigenvalue weighted by Crippen LogP contribution is 2.50. The Kier molecular flexibility index (Phi) is 7.42. The third-order valence-corrected chi connectivity index (χ3v) is 6.67. The number of hydrogen-bond acceptors (Lipinski definition) is 3. The molecule has 174 valence electrons. The smallest absolute Gasteiger partial charge is 0.148 e. The molecule has 0 heterocycles. The van der Waals surface area contributed by atoms with E-state index in [1.165, 1.54) is 18.1 Å². The van der Waals surface area contributed by atoms with E-state index in [-0.39, 0.29) is 16.7 Å². The topological polar surface area (TPSA) is 39.4 Å².